The Hall–Kier alpha value is -0.120. The van der Waals surface area contributed by atoms with E-state index in [4.69, 9.17) is 10.8 Å². The number of hydrogen-bond donors (Lipinski definition) is 2. The van der Waals surface area contributed by atoms with Crippen LogP contribution in [0.4, 0.5) is 0 Å². The van der Waals surface area contributed by atoms with Crippen LogP contribution in [0.5, 0.6) is 0 Å². The van der Waals surface area contributed by atoms with E-state index in [-0.39, 0.29) is 12.6 Å². The molecule has 2 aliphatic rings. The Morgan fingerprint density at radius 1 is 1.38 bits per heavy atom. The lowest BCUT2D eigenvalue weighted by Gasteiger charge is -2.39. The van der Waals surface area contributed by atoms with Crippen LogP contribution >= 0.6 is 0 Å². The Morgan fingerprint density at radius 2 is 2.15 bits per heavy atom. The van der Waals surface area contributed by atoms with E-state index in [0.717, 1.165) is 6.54 Å². The molecule has 0 bridgehead atoms. The van der Waals surface area contributed by atoms with Gasteiger partial charge in [-0.25, -0.2) is 0 Å². The predicted octanol–water partition coefficient (Wildman–Crippen LogP) is 0.182. The highest BCUT2D eigenvalue weighted by atomic mass is 16.3. The van der Waals surface area contributed by atoms with E-state index in [1.807, 2.05) is 0 Å². The van der Waals surface area contributed by atoms with Crippen molar-refractivity contribution >= 4 is 0 Å². The van der Waals surface area contributed by atoms with Gasteiger partial charge in [-0.2, -0.15) is 0 Å². The van der Waals surface area contributed by atoms with Gasteiger partial charge in [0.05, 0.1) is 6.61 Å². The Bertz CT molecular complexity index is 176. The highest BCUT2D eigenvalue weighted by Gasteiger charge is 2.43. The quantitative estimate of drug-likeness (QED) is 0.658. The predicted molar refractivity (Wildman–Crippen MR) is 52.4 cm³/mol. The van der Waals surface area contributed by atoms with Crippen LogP contribution in [0.2, 0.25) is 0 Å². The van der Waals surface area contributed by atoms with Gasteiger partial charge in [0.1, 0.15) is 0 Å². The molecule has 76 valence electrons. The van der Waals surface area contributed by atoms with Crippen molar-refractivity contribution in [1.82, 2.24) is 4.90 Å². The van der Waals surface area contributed by atoms with E-state index in [9.17, 15) is 0 Å². The third-order valence-corrected chi connectivity index (χ3v) is 3.88. The summed E-state index contributed by atoms with van der Waals surface area (Å²) >= 11 is 0. The molecule has 1 heterocycles. The molecule has 2 fully saturated rings. The molecule has 13 heavy (non-hydrogen) atoms. The molecular weight excluding hydrogens is 164 g/mol. The van der Waals surface area contributed by atoms with Gasteiger partial charge in [-0.3, -0.25) is 4.90 Å². The van der Waals surface area contributed by atoms with E-state index < -0.39 is 0 Å². The summed E-state index contributed by atoms with van der Waals surface area (Å²) < 4.78 is 0. The van der Waals surface area contributed by atoms with Crippen molar-refractivity contribution in [2.45, 2.75) is 31.7 Å². The molecule has 0 aromatic rings. The zero-order chi connectivity index (χ0) is 9.31. The van der Waals surface area contributed by atoms with Crippen LogP contribution in [0.25, 0.3) is 0 Å². The summed E-state index contributed by atoms with van der Waals surface area (Å²) in [6.45, 7) is 3.12. The fraction of sp³-hybridized carbons (Fsp3) is 1.00. The maximum atomic E-state index is 9.13. The van der Waals surface area contributed by atoms with Gasteiger partial charge in [0.2, 0.25) is 0 Å². The highest BCUT2D eigenvalue weighted by molar-refractivity contribution is 4.97. The molecule has 0 amide bonds. The minimum absolute atomic E-state index is 0.208. The maximum absolute atomic E-state index is 9.13. The second-order valence-corrected chi connectivity index (χ2v) is 4.65. The summed E-state index contributed by atoms with van der Waals surface area (Å²) in [5, 5.41) is 9.13. The number of aliphatic hydroxyl groups is 1. The lowest BCUT2D eigenvalue weighted by molar-refractivity contribution is 0.102. The average Bonchev–Trinajstić information content (AvgIpc) is 2.51. The van der Waals surface area contributed by atoms with Gasteiger partial charge in [-0.05, 0) is 31.2 Å². The Morgan fingerprint density at radius 3 is 2.54 bits per heavy atom. The first-order valence-electron chi connectivity index (χ1n) is 5.35. The summed E-state index contributed by atoms with van der Waals surface area (Å²) in [5.41, 5.74) is 6.24. The highest BCUT2D eigenvalue weighted by Crippen LogP contribution is 2.48. The largest absolute Gasteiger partial charge is 0.395 e. The molecule has 2 rings (SSSR count). The van der Waals surface area contributed by atoms with Crippen LogP contribution in [-0.2, 0) is 0 Å². The number of nitrogens with two attached hydrogens (primary N) is 1. The fourth-order valence-corrected chi connectivity index (χ4v) is 2.71. The third kappa shape index (κ3) is 1.60. The van der Waals surface area contributed by atoms with Crippen molar-refractivity contribution < 1.29 is 5.11 Å². The van der Waals surface area contributed by atoms with Crippen molar-refractivity contribution in [3.05, 3.63) is 0 Å². The Balaban J connectivity index is 1.89. The number of nitrogens with zero attached hydrogens (tertiary/aromatic N) is 1. The monoisotopic (exact) mass is 184 g/mol. The van der Waals surface area contributed by atoms with Gasteiger partial charge < -0.3 is 10.8 Å². The van der Waals surface area contributed by atoms with Gasteiger partial charge in [0.15, 0.2) is 0 Å². The standard InChI is InChI=1S/C10H20N2O/c11-6-9(7-13)12-5-4-10(8-12)2-1-3-10/h9,13H,1-8,11H2. The second kappa shape index (κ2) is 3.56. The van der Waals surface area contributed by atoms with Crippen molar-refractivity contribution in [2.24, 2.45) is 11.1 Å². The van der Waals surface area contributed by atoms with Crippen LogP contribution in [0.1, 0.15) is 25.7 Å². The van der Waals surface area contributed by atoms with Crippen molar-refractivity contribution in [3.63, 3.8) is 0 Å². The zero-order valence-electron chi connectivity index (χ0n) is 8.21. The maximum Gasteiger partial charge on any atom is 0.0599 e. The Kier molecular flexibility index (Phi) is 2.58. The van der Waals surface area contributed by atoms with E-state index in [1.165, 1.54) is 32.2 Å². The molecule has 3 heteroatoms. The molecule has 1 aliphatic carbocycles. The molecule has 1 saturated heterocycles. The lowest BCUT2D eigenvalue weighted by Crippen LogP contribution is -2.43. The lowest BCUT2D eigenvalue weighted by atomic mass is 9.68. The van der Waals surface area contributed by atoms with E-state index >= 15 is 0 Å². The van der Waals surface area contributed by atoms with Gasteiger partial charge in [0, 0.05) is 19.1 Å². The van der Waals surface area contributed by atoms with Crippen molar-refractivity contribution in [3.8, 4) is 0 Å². The van der Waals surface area contributed by atoms with Crippen LogP contribution in [-0.4, -0.2) is 42.3 Å². The van der Waals surface area contributed by atoms with Crippen LogP contribution < -0.4 is 5.73 Å². The van der Waals surface area contributed by atoms with Crippen LogP contribution in [0, 0.1) is 5.41 Å². The zero-order valence-corrected chi connectivity index (χ0v) is 8.21. The average molecular weight is 184 g/mol. The first-order chi connectivity index (χ1) is 6.29. The molecule has 0 radical (unpaired) electrons. The first kappa shape index (κ1) is 9.44. The molecule has 1 saturated carbocycles. The molecule has 0 aromatic heterocycles. The number of likely N-dealkylation sites (tertiary alicyclic amines) is 1. The number of aliphatic hydroxyl groups excluding tert-OH is 1. The van der Waals surface area contributed by atoms with Gasteiger partial charge in [-0.1, -0.05) is 6.42 Å². The first-order valence-corrected chi connectivity index (χ1v) is 5.35. The summed E-state index contributed by atoms with van der Waals surface area (Å²) in [7, 11) is 0. The summed E-state index contributed by atoms with van der Waals surface area (Å²) in [5.74, 6) is 0. The molecule has 3 N–H and O–H groups in total. The molecule has 1 aliphatic heterocycles. The summed E-state index contributed by atoms with van der Waals surface area (Å²) in [6.07, 6.45) is 5.52. The van der Waals surface area contributed by atoms with E-state index in [1.54, 1.807) is 0 Å². The van der Waals surface area contributed by atoms with Gasteiger partial charge in [0.25, 0.3) is 0 Å². The molecule has 1 spiro atoms. The van der Waals surface area contributed by atoms with E-state index in [2.05, 4.69) is 4.90 Å². The topological polar surface area (TPSA) is 49.5 Å². The van der Waals surface area contributed by atoms with Gasteiger partial charge >= 0.3 is 0 Å². The summed E-state index contributed by atoms with van der Waals surface area (Å²) in [4.78, 5) is 2.37. The molecule has 0 aromatic carbocycles. The minimum Gasteiger partial charge on any atom is -0.395 e. The number of rotatable bonds is 3. The van der Waals surface area contributed by atoms with Gasteiger partial charge in [-0.15, -0.1) is 0 Å². The Labute approximate surface area is 79.9 Å². The summed E-state index contributed by atoms with van der Waals surface area (Å²) in [6, 6.07) is 0.208. The smallest absolute Gasteiger partial charge is 0.0599 e. The molecule has 1 unspecified atom stereocenters. The van der Waals surface area contributed by atoms with Crippen molar-refractivity contribution in [2.75, 3.05) is 26.2 Å². The van der Waals surface area contributed by atoms with Crippen molar-refractivity contribution in [1.29, 1.82) is 0 Å². The normalized spacial score (nSPS) is 29.1. The third-order valence-electron chi connectivity index (χ3n) is 3.88. The molecule has 3 nitrogen and oxygen atoms in total. The van der Waals surface area contributed by atoms with Crippen LogP contribution in [0.15, 0.2) is 0 Å². The number of hydrogen-bond acceptors (Lipinski definition) is 3. The second-order valence-electron chi connectivity index (χ2n) is 4.65. The fourth-order valence-electron chi connectivity index (χ4n) is 2.71. The molecule has 1 atom stereocenters. The van der Waals surface area contributed by atoms with E-state index in [0.29, 0.717) is 12.0 Å². The minimum atomic E-state index is 0.208. The SMILES string of the molecule is NCC(CO)N1CCC2(CCC2)C1. The van der Waals surface area contributed by atoms with Crippen LogP contribution in [0.3, 0.4) is 0 Å². The molecular formula is C10H20N2O.